The van der Waals surface area contributed by atoms with Crippen molar-refractivity contribution in [2.45, 2.75) is 37.3 Å². The Bertz CT molecular complexity index is 689. The number of rotatable bonds is 5. The molecule has 3 rings (SSSR count). The number of nitrogens with one attached hydrogen (secondary N) is 1. The summed E-state index contributed by atoms with van der Waals surface area (Å²) in [4.78, 5) is 21.1. The Morgan fingerprint density at radius 3 is 2.75 bits per heavy atom. The lowest BCUT2D eigenvalue weighted by atomic mass is 9.89. The molecule has 0 spiro atoms. The van der Waals surface area contributed by atoms with Gasteiger partial charge < -0.3 is 9.88 Å². The van der Waals surface area contributed by atoms with Gasteiger partial charge in [0.15, 0.2) is 16.8 Å². The molecule has 1 saturated carbocycles. The molecule has 1 aliphatic carbocycles. The fourth-order valence-electron chi connectivity index (χ4n) is 3.15. The van der Waals surface area contributed by atoms with Crippen LogP contribution in [0.4, 0.5) is 8.78 Å². The van der Waals surface area contributed by atoms with Crippen molar-refractivity contribution in [2.24, 2.45) is 5.92 Å². The monoisotopic (exact) mass is 353 g/mol. The molecule has 1 heterocycles. The van der Waals surface area contributed by atoms with Gasteiger partial charge in [-0.15, -0.1) is 0 Å². The lowest BCUT2D eigenvalue weighted by Crippen LogP contribution is -2.33. The van der Waals surface area contributed by atoms with Gasteiger partial charge in [0.25, 0.3) is 0 Å². The Morgan fingerprint density at radius 1 is 1.29 bits per heavy atom. The molecule has 24 heavy (non-hydrogen) atoms. The number of thioether (sulfide) groups is 1. The molecule has 4 nitrogen and oxygen atoms in total. The number of halogens is 2. The van der Waals surface area contributed by atoms with E-state index in [0.29, 0.717) is 22.1 Å². The zero-order valence-corrected chi connectivity index (χ0v) is 14.5. The second kappa shape index (κ2) is 7.51. The van der Waals surface area contributed by atoms with Crippen LogP contribution in [0.3, 0.4) is 0 Å². The molecular weight excluding hydrogens is 332 g/mol. The van der Waals surface area contributed by atoms with Crippen LogP contribution in [0, 0.1) is 17.6 Å². The van der Waals surface area contributed by atoms with Gasteiger partial charge in [-0.1, -0.05) is 31.0 Å². The van der Waals surface area contributed by atoms with Crippen LogP contribution < -0.4 is 0 Å². The zero-order chi connectivity index (χ0) is 17.1. The number of aromatic nitrogens is 2. The third-order valence-electron chi connectivity index (χ3n) is 4.52. The molecule has 1 aromatic heterocycles. The predicted molar refractivity (Wildman–Crippen MR) is 90.9 cm³/mol. The number of hydrogen-bond acceptors (Lipinski definition) is 3. The smallest absolute Gasteiger partial charge is 0.232 e. The lowest BCUT2D eigenvalue weighted by Gasteiger charge is -2.26. The minimum absolute atomic E-state index is 0.0448. The number of aromatic amines is 1. The third kappa shape index (κ3) is 4.06. The number of carbonyl (C=O) groups is 1. The van der Waals surface area contributed by atoms with E-state index >= 15 is 0 Å². The van der Waals surface area contributed by atoms with E-state index in [-0.39, 0.29) is 11.7 Å². The maximum Gasteiger partial charge on any atom is 0.232 e. The van der Waals surface area contributed by atoms with Gasteiger partial charge >= 0.3 is 0 Å². The third-order valence-corrected chi connectivity index (χ3v) is 5.38. The topological polar surface area (TPSA) is 49.0 Å². The van der Waals surface area contributed by atoms with Crippen LogP contribution in [0.2, 0.25) is 0 Å². The van der Waals surface area contributed by atoms with Gasteiger partial charge in [-0.05, 0) is 18.8 Å². The summed E-state index contributed by atoms with van der Waals surface area (Å²) in [6.45, 7) is 0.802. The molecule has 0 radical (unpaired) electrons. The highest BCUT2D eigenvalue weighted by molar-refractivity contribution is 7.99. The molecule has 0 aliphatic heterocycles. The van der Waals surface area contributed by atoms with E-state index in [1.165, 1.54) is 43.9 Å². The minimum atomic E-state index is -0.922. The first kappa shape index (κ1) is 17.2. The second-order valence-corrected chi connectivity index (χ2v) is 7.36. The van der Waals surface area contributed by atoms with Crippen LogP contribution in [0.5, 0.6) is 0 Å². The SMILES string of the molecule is CN(CC1CCCCC1)C(=O)CSc1nc2cc(F)c(F)cc2[nH]1. The number of amides is 1. The van der Waals surface area contributed by atoms with Gasteiger partial charge in [0, 0.05) is 25.7 Å². The van der Waals surface area contributed by atoms with Crippen molar-refractivity contribution in [3.05, 3.63) is 23.8 Å². The molecule has 2 aromatic rings. The molecule has 130 valence electrons. The molecule has 7 heteroatoms. The summed E-state index contributed by atoms with van der Waals surface area (Å²) in [6.07, 6.45) is 6.22. The fraction of sp³-hybridized carbons (Fsp3) is 0.529. The fourth-order valence-corrected chi connectivity index (χ4v) is 3.97. The van der Waals surface area contributed by atoms with Crippen LogP contribution in [0.25, 0.3) is 11.0 Å². The quantitative estimate of drug-likeness (QED) is 0.828. The highest BCUT2D eigenvalue weighted by atomic mass is 32.2. The normalized spacial score (nSPS) is 15.8. The first-order valence-corrected chi connectivity index (χ1v) is 9.23. The number of fused-ring (bicyclic) bond motifs is 1. The maximum atomic E-state index is 13.2. The standard InChI is InChI=1S/C17H21F2N3OS/c1-22(9-11-5-3-2-4-6-11)16(23)10-24-17-20-14-7-12(18)13(19)8-15(14)21-17/h7-8,11H,2-6,9-10H2,1H3,(H,20,21). The summed E-state index contributed by atoms with van der Waals surface area (Å²) in [6, 6.07) is 2.14. The van der Waals surface area contributed by atoms with Crippen molar-refractivity contribution >= 4 is 28.7 Å². The van der Waals surface area contributed by atoms with Crippen LogP contribution in [-0.2, 0) is 4.79 Å². The molecule has 0 bridgehead atoms. The Kier molecular flexibility index (Phi) is 5.38. The van der Waals surface area contributed by atoms with E-state index in [1.54, 1.807) is 4.90 Å². The van der Waals surface area contributed by atoms with Crippen molar-refractivity contribution in [3.63, 3.8) is 0 Å². The summed E-state index contributed by atoms with van der Waals surface area (Å²) in [5, 5.41) is 0.495. The summed E-state index contributed by atoms with van der Waals surface area (Å²) in [5.74, 6) is -0.924. The van der Waals surface area contributed by atoms with Gasteiger partial charge in [-0.3, -0.25) is 4.79 Å². The Labute approximate surface area is 144 Å². The number of H-pyrrole nitrogens is 1. The van der Waals surface area contributed by atoms with Gasteiger partial charge in [-0.2, -0.15) is 0 Å². The van der Waals surface area contributed by atoms with E-state index in [0.717, 1.165) is 18.7 Å². The number of hydrogen-bond donors (Lipinski definition) is 1. The largest absolute Gasteiger partial charge is 0.345 e. The molecule has 1 amide bonds. The van der Waals surface area contributed by atoms with Crippen molar-refractivity contribution in [1.82, 2.24) is 14.9 Å². The predicted octanol–water partition coefficient (Wildman–Crippen LogP) is 3.97. The van der Waals surface area contributed by atoms with E-state index in [9.17, 15) is 13.6 Å². The molecule has 0 atom stereocenters. The molecule has 1 fully saturated rings. The molecule has 1 N–H and O–H groups in total. The average molecular weight is 353 g/mol. The zero-order valence-electron chi connectivity index (χ0n) is 13.6. The van der Waals surface area contributed by atoms with E-state index < -0.39 is 11.6 Å². The molecule has 1 aromatic carbocycles. The highest BCUT2D eigenvalue weighted by Crippen LogP contribution is 2.25. The molecule has 1 aliphatic rings. The van der Waals surface area contributed by atoms with Crippen LogP contribution in [0.1, 0.15) is 32.1 Å². The number of carbonyl (C=O) groups excluding carboxylic acids is 1. The van der Waals surface area contributed by atoms with Gasteiger partial charge in [-0.25, -0.2) is 13.8 Å². The maximum absolute atomic E-state index is 13.2. The number of benzene rings is 1. The van der Waals surface area contributed by atoms with Crippen molar-refractivity contribution in [3.8, 4) is 0 Å². The summed E-state index contributed by atoms with van der Waals surface area (Å²) >= 11 is 1.25. The summed E-state index contributed by atoms with van der Waals surface area (Å²) in [7, 11) is 1.83. The van der Waals surface area contributed by atoms with E-state index in [2.05, 4.69) is 9.97 Å². The first-order valence-electron chi connectivity index (χ1n) is 8.24. The summed E-state index contributed by atoms with van der Waals surface area (Å²) in [5.41, 5.74) is 0.791. The molecular formula is C17H21F2N3OS. The molecule has 0 unspecified atom stereocenters. The summed E-state index contributed by atoms with van der Waals surface area (Å²) < 4.78 is 26.4. The number of imidazole rings is 1. The van der Waals surface area contributed by atoms with Crippen LogP contribution >= 0.6 is 11.8 Å². The van der Waals surface area contributed by atoms with E-state index in [1.807, 2.05) is 7.05 Å². The van der Waals surface area contributed by atoms with Gasteiger partial charge in [0.05, 0.1) is 16.8 Å². The van der Waals surface area contributed by atoms with Gasteiger partial charge in [0.2, 0.25) is 5.91 Å². The van der Waals surface area contributed by atoms with Crippen LogP contribution in [0.15, 0.2) is 17.3 Å². The highest BCUT2D eigenvalue weighted by Gasteiger charge is 2.19. The Hall–Kier alpha value is -1.63. The van der Waals surface area contributed by atoms with Crippen molar-refractivity contribution in [2.75, 3.05) is 19.3 Å². The average Bonchev–Trinajstić information content (AvgIpc) is 2.95. The number of nitrogens with zero attached hydrogens (tertiary/aromatic N) is 2. The van der Waals surface area contributed by atoms with E-state index in [4.69, 9.17) is 0 Å². The van der Waals surface area contributed by atoms with Crippen LogP contribution in [-0.4, -0.2) is 40.1 Å². The van der Waals surface area contributed by atoms with Gasteiger partial charge in [0.1, 0.15) is 0 Å². The Balaban J connectivity index is 1.55. The second-order valence-electron chi connectivity index (χ2n) is 6.39. The lowest BCUT2D eigenvalue weighted by molar-refractivity contribution is -0.127. The van der Waals surface area contributed by atoms with Crippen molar-refractivity contribution < 1.29 is 13.6 Å². The van der Waals surface area contributed by atoms with Crippen molar-refractivity contribution in [1.29, 1.82) is 0 Å². The Morgan fingerprint density at radius 2 is 2.00 bits per heavy atom. The minimum Gasteiger partial charge on any atom is -0.345 e. The first-order chi connectivity index (χ1) is 11.5. The molecule has 0 saturated heterocycles.